The standard InChI is InChI=1S/C25H27N7O6S/c1-16(33)27-25-28-22(21(32(36)37)23(29-25)39-15-17-7-5-4-6-8-17)26-13-19(30-35)14-31(2)20-11-9-18(10-12-20)24(34)38-3/h4-12,35H,13-15H2,1-3H3,(H2,26,27,28,29,33)/b30-19-. The first-order valence-electron chi connectivity index (χ1n) is 11.6. The molecule has 0 saturated heterocycles. The van der Waals surface area contributed by atoms with Gasteiger partial charge < -0.3 is 20.2 Å². The molecule has 1 aromatic heterocycles. The molecule has 0 spiro atoms. The lowest BCUT2D eigenvalue weighted by molar-refractivity contribution is -0.387. The van der Waals surface area contributed by atoms with E-state index in [1.807, 2.05) is 30.3 Å². The van der Waals surface area contributed by atoms with Crippen molar-refractivity contribution in [3.05, 3.63) is 75.8 Å². The van der Waals surface area contributed by atoms with E-state index >= 15 is 0 Å². The fourth-order valence-electron chi connectivity index (χ4n) is 3.41. The molecule has 14 heteroatoms. The highest BCUT2D eigenvalue weighted by molar-refractivity contribution is 7.98. The number of rotatable bonds is 12. The molecule has 3 N–H and O–H groups in total. The molecule has 13 nitrogen and oxygen atoms in total. The van der Waals surface area contributed by atoms with Crippen LogP contribution in [0.15, 0.2) is 64.8 Å². The van der Waals surface area contributed by atoms with Crippen LogP contribution in [0.2, 0.25) is 0 Å². The second-order valence-corrected chi connectivity index (χ2v) is 9.14. The minimum absolute atomic E-state index is 0.0652. The number of amides is 1. The van der Waals surface area contributed by atoms with Crippen LogP contribution < -0.4 is 15.5 Å². The van der Waals surface area contributed by atoms with Crippen LogP contribution >= 0.6 is 11.8 Å². The summed E-state index contributed by atoms with van der Waals surface area (Å²) in [5.41, 5.74) is 1.92. The molecule has 0 unspecified atom stereocenters. The molecule has 0 bridgehead atoms. The first-order chi connectivity index (χ1) is 18.7. The number of thioether (sulfide) groups is 1. The van der Waals surface area contributed by atoms with E-state index in [1.54, 1.807) is 36.2 Å². The largest absolute Gasteiger partial charge is 0.465 e. The molecule has 204 valence electrons. The summed E-state index contributed by atoms with van der Waals surface area (Å²) in [6.07, 6.45) is 0. The van der Waals surface area contributed by atoms with Gasteiger partial charge in [0.05, 0.1) is 36.4 Å². The van der Waals surface area contributed by atoms with Crippen molar-refractivity contribution in [1.29, 1.82) is 0 Å². The number of nitrogens with one attached hydrogen (secondary N) is 2. The van der Waals surface area contributed by atoms with Crippen molar-refractivity contribution in [1.82, 2.24) is 9.97 Å². The van der Waals surface area contributed by atoms with Gasteiger partial charge in [-0.05, 0) is 29.8 Å². The fourth-order valence-corrected chi connectivity index (χ4v) is 4.36. The van der Waals surface area contributed by atoms with Gasteiger partial charge in [0.15, 0.2) is 5.03 Å². The summed E-state index contributed by atoms with van der Waals surface area (Å²) in [7, 11) is 3.05. The van der Waals surface area contributed by atoms with E-state index in [2.05, 4.69) is 25.8 Å². The third-order valence-electron chi connectivity index (χ3n) is 5.29. The Morgan fingerprint density at radius 2 is 1.85 bits per heavy atom. The van der Waals surface area contributed by atoms with Crippen LogP contribution in [0, 0.1) is 10.1 Å². The molecule has 1 amide bonds. The van der Waals surface area contributed by atoms with Gasteiger partial charge >= 0.3 is 11.7 Å². The summed E-state index contributed by atoms with van der Waals surface area (Å²) in [6.45, 7) is 1.33. The molecule has 0 aliphatic carbocycles. The second kappa shape index (κ2) is 13.7. The maximum absolute atomic E-state index is 12.0. The molecule has 3 aromatic rings. The maximum atomic E-state index is 12.0. The number of aromatic nitrogens is 2. The van der Waals surface area contributed by atoms with E-state index in [9.17, 15) is 24.9 Å². The van der Waals surface area contributed by atoms with Crippen LogP contribution in [-0.2, 0) is 15.3 Å². The Morgan fingerprint density at radius 1 is 1.15 bits per heavy atom. The van der Waals surface area contributed by atoms with Crippen LogP contribution in [0.4, 0.5) is 23.1 Å². The van der Waals surface area contributed by atoms with Crippen LogP contribution in [0.5, 0.6) is 0 Å². The Hall–Kier alpha value is -4.72. The van der Waals surface area contributed by atoms with Crippen LogP contribution in [0.1, 0.15) is 22.8 Å². The summed E-state index contributed by atoms with van der Waals surface area (Å²) in [4.78, 5) is 44.8. The average Bonchev–Trinajstić information content (AvgIpc) is 2.93. The Bertz CT molecular complexity index is 1350. The summed E-state index contributed by atoms with van der Waals surface area (Å²) in [5, 5.41) is 30.3. The first-order valence-corrected chi connectivity index (χ1v) is 12.5. The zero-order valence-corrected chi connectivity index (χ0v) is 22.3. The average molecular weight is 554 g/mol. The fraction of sp³-hybridized carbons (Fsp3) is 0.240. The van der Waals surface area contributed by atoms with E-state index in [0.717, 1.165) is 23.0 Å². The molecular weight excluding hydrogens is 526 g/mol. The molecule has 0 atom stereocenters. The number of oxime groups is 1. The highest BCUT2D eigenvalue weighted by Gasteiger charge is 2.26. The number of hydrogen-bond donors (Lipinski definition) is 3. The predicted octanol–water partition coefficient (Wildman–Crippen LogP) is 3.80. The van der Waals surface area contributed by atoms with Gasteiger partial charge in [-0.15, -0.1) is 0 Å². The molecule has 1 heterocycles. The van der Waals surface area contributed by atoms with Crippen molar-refractivity contribution in [3.8, 4) is 0 Å². The highest BCUT2D eigenvalue weighted by atomic mass is 32.2. The van der Waals surface area contributed by atoms with Gasteiger partial charge in [0, 0.05) is 25.4 Å². The normalized spacial score (nSPS) is 11.0. The van der Waals surface area contributed by atoms with Gasteiger partial charge in [0.25, 0.3) is 0 Å². The monoisotopic (exact) mass is 553 g/mol. The van der Waals surface area contributed by atoms with Gasteiger partial charge in [-0.25, -0.2) is 4.79 Å². The Morgan fingerprint density at radius 3 is 2.44 bits per heavy atom. The summed E-state index contributed by atoms with van der Waals surface area (Å²) in [6, 6.07) is 16.0. The van der Waals surface area contributed by atoms with Gasteiger partial charge in [0.2, 0.25) is 17.7 Å². The van der Waals surface area contributed by atoms with Crippen LogP contribution in [-0.4, -0.2) is 64.9 Å². The van der Waals surface area contributed by atoms with Crippen molar-refractivity contribution in [2.75, 3.05) is 42.8 Å². The number of nitrogens with zero attached hydrogens (tertiary/aromatic N) is 5. The van der Waals surface area contributed by atoms with E-state index in [1.165, 1.54) is 14.0 Å². The maximum Gasteiger partial charge on any atom is 0.343 e. The summed E-state index contributed by atoms with van der Waals surface area (Å²) in [5.74, 6) is -0.735. The summed E-state index contributed by atoms with van der Waals surface area (Å²) < 4.78 is 4.70. The smallest absolute Gasteiger partial charge is 0.343 e. The molecule has 39 heavy (non-hydrogen) atoms. The van der Waals surface area contributed by atoms with Gasteiger partial charge in [-0.2, -0.15) is 9.97 Å². The van der Waals surface area contributed by atoms with Gasteiger partial charge in [-0.3, -0.25) is 20.2 Å². The number of carbonyl (C=O) groups is 2. The predicted molar refractivity (Wildman–Crippen MR) is 148 cm³/mol. The number of methoxy groups -OCH3 is 1. The number of esters is 1. The lowest BCUT2D eigenvalue weighted by Crippen LogP contribution is -2.30. The first kappa shape index (κ1) is 28.8. The van der Waals surface area contributed by atoms with E-state index in [4.69, 9.17) is 4.74 Å². The van der Waals surface area contributed by atoms with Crippen LogP contribution in [0.3, 0.4) is 0 Å². The highest BCUT2D eigenvalue weighted by Crippen LogP contribution is 2.35. The molecule has 0 radical (unpaired) electrons. The van der Waals surface area contributed by atoms with E-state index in [0.29, 0.717) is 11.3 Å². The quantitative estimate of drug-likeness (QED) is 0.0566. The second-order valence-electron chi connectivity index (χ2n) is 8.18. The molecule has 3 rings (SSSR count). The van der Waals surface area contributed by atoms with Crippen molar-refractivity contribution >= 4 is 52.5 Å². The van der Waals surface area contributed by atoms with Crippen molar-refractivity contribution in [3.63, 3.8) is 0 Å². The van der Waals surface area contributed by atoms with E-state index < -0.39 is 16.8 Å². The Labute approximate surface area is 228 Å². The number of ether oxygens (including phenoxy) is 1. The number of hydrogen-bond acceptors (Lipinski definition) is 12. The van der Waals surface area contributed by atoms with Crippen molar-refractivity contribution < 1.29 is 24.5 Å². The van der Waals surface area contributed by atoms with Gasteiger partial charge in [-0.1, -0.05) is 47.2 Å². The number of nitro groups is 1. The van der Waals surface area contributed by atoms with E-state index in [-0.39, 0.29) is 41.3 Å². The van der Waals surface area contributed by atoms with Gasteiger partial charge in [0.1, 0.15) is 0 Å². The Balaban J connectivity index is 1.80. The minimum atomic E-state index is -0.599. The SMILES string of the molecule is COC(=O)c1ccc(N(C)C/C(CNc2nc(NC(C)=O)nc(SCc3ccccc3)c2[N+](=O)[O-])=N\O)cc1. The number of benzene rings is 2. The number of carbonyl (C=O) groups excluding carboxylic acids is 2. The molecule has 0 fully saturated rings. The van der Waals surface area contributed by atoms with Crippen molar-refractivity contribution in [2.45, 2.75) is 17.7 Å². The number of anilines is 3. The molecule has 2 aromatic carbocycles. The lowest BCUT2D eigenvalue weighted by Gasteiger charge is -2.20. The molecule has 0 aliphatic rings. The van der Waals surface area contributed by atoms with Crippen molar-refractivity contribution in [2.24, 2.45) is 5.16 Å². The summed E-state index contributed by atoms with van der Waals surface area (Å²) >= 11 is 1.13. The Kier molecular flexibility index (Phi) is 10.1. The van der Waals surface area contributed by atoms with Crippen LogP contribution in [0.25, 0.3) is 0 Å². The lowest BCUT2D eigenvalue weighted by atomic mass is 10.2. The molecule has 0 saturated carbocycles. The topological polar surface area (TPSA) is 172 Å². The minimum Gasteiger partial charge on any atom is -0.465 e. The third-order valence-corrected chi connectivity index (χ3v) is 6.33. The molecule has 0 aliphatic heterocycles. The zero-order chi connectivity index (χ0) is 28.4. The third kappa shape index (κ3) is 8.13. The molecular formula is C25H27N7O6S. The zero-order valence-electron chi connectivity index (χ0n) is 21.5.